The molecule has 0 aliphatic rings. The van der Waals surface area contributed by atoms with Gasteiger partial charge in [-0.3, -0.25) is 0 Å². The highest BCUT2D eigenvalue weighted by molar-refractivity contribution is 6.30. The molecule has 0 aliphatic heterocycles. The summed E-state index contributed by atoms with van der Waals surface area (Å²) in [6, 6.07) is 16.6. The van der Waals surface area contributed by atoms with E-state index in [4.69, 9.17) is 16.3 Å². The summed E-state index contributed by atoms with van der Waals surface area (Å²) in [5.74, 6) is 0.901. The first-order valence-electron chi connectivity index (χ1n) is 7.34. The van der Waals surface area contributed by atoms with Gasteiger partial charge >= 0.3 is 0 Å². The van der Waals surface area contributed by atoms with Crippen LogP contribution in [0, 0.1) is 0 Å². The van der Waals surface area contributed by atoms with Crippen LogP contribution in [-0.4, -0.2) is 13.7 Å². The first-order chi connectivity index (χ1) is 10.2. The lowest BCUT2D eigenvalue weighted by Gasteiger charge is -2.19. The number of ether oxygens (including phenoxy) is 1. The highest BCUT2D eigenvalue weighted by atomic mass is 35.5. The lowest BCUT2D eigenvalue weighted by Crippen LogP contribution is -2.24. The predicted octanol–water partition coefficient (Wildman–Crippen LogP) is 4.63. The Morgan fingerprint density at radius 3 is 2.57 bits per heavy atom. The van der Waals surface area contributed by atoms with Crippen molar-refractivity contribution in [2.75, 3.05) is 13.7 Å². The Bertz CT molecular complexity index is 553. The molecule has 112 valence electrons. The third-order valence-corrected chi connectivity index (χ3v) is 3.74. The van der Waals surface area contributed by atoms with Crippen molar-refractivity contribution in [3.63, 3.8) is 0 Å². The Morgan fingerprint density at radius 1 is 1.14 bits per heavy atom. The van der Waals surface area contributed by atoms with Crippen LogP contribution in [0.5, 0.6) is 5.75 Å². The van der Waals surface area contributed by atoms with Gasteiger partial charge in [-0.15, -0.1) is 0 Å². The first kappa shape index (κ1) is 15.9. The number of nitrogens with one attached hydrogen (secondary N) is 1. The van der Waals surface area contributed by atoms with Crippen LogP contribution in [0.3, 0.4) is 0 Å². The van der Waals surface area contributed by atoms with Crippen LogP contribution in [0.15, 0.2) is 48.5 Å². The van der Waals surface area contributed by atoms with Gasteiger partial charge in [-0.1, -0.05) is 42.8 Å². The maximum absolute atomic E-state index is 5.98. The molecule has 0 heterocycles. The zero-order valence-electron chi connectivity index (χ0n) is 12.6. The topological polar surface area (TPSA) is 21.3 Å². The molecular weight excluding hydrogens is 282 g/mol. The largest absolute Gasteiger partial charge is 0.497 e. The Labute approximate surface area is 132 Å². The zero-order chi connectivity index (χ0) is 15.1. The van der Waals surface area contributed by atoms with Crippen molar-refractivity contribution in [2.24, 2.45) is 0 Å². The molecule has 0 bridgehead atoms. The zero-order valence-corrected chi connectivity index (χ0v) is 13.4. The van der Waals surface area contributed by atoms with Crippen LogP contribution < -0.4 is 10.1 Å². The average Bonchev–Trinajstić information content (AvgIpc) is 2.52. The number of hydrogen-bond acceptors (Lipinski definition) is 2. The number of hydrogen-bond donors (Lipinski definition) is 1. The number of benzene rings is 2. The second-order valence-corrected chi connectivity index (χ2v) is 5.55. The predicted molar refractivity (Wildman–Crippen MR) is 89.2 cm³/mol. The van der Waals surface area contributed by atoms with Gasteiger partial charge in [-0.2, -0.15) is 0 Å². The smallest absolute Gasteiger partial charge is 0.119 e. The summed E-state index contributed by atoms with van der Waals surface area (Å²) >= 11 is 5.98. The fourth-order valence-corrected chi connectivity index (χ4v) is 2.48. The molecule has 2 aromatic rings. The minimum absolute atomic E-state index is 0.286. The van der Waals surface area contributed by atoms with E-state index in [0.29, 0.717) is 0 Å². The highest BCUT2D eigenvalue weighted by Gasteiger charge is 2.12. The number of methoxy groups -OCH3 is 1. The lowest BCUT2D eigenvalue weighted by molar-refractivity contribution is 0.413. The molecule has 0 aromatic heterocycles. The van der Waals surface area contributed by atoms with Crippen molar-refractivity contribution in [2.45, 2.75) is 25.8 Å². The maximum Gasteiger partial charge on any atom is 0.119 e. The van der Waals surface area contributed by atoms with Crippen molar-refractivity contribution < 1.29 is 4.74 Å². The van der Waals surface area contributed by atoms with Crippen molar-refractivity contribution in [1.29, 1.82) is 0 Å². The molecular formula is C18H22ClNO. The Morgan fingerprint density at radius 2 is 1.90 bits per heavy atom. The summed E-state index contributed by atoms with van der Waals surface area (Å²) < 4.78 is 5.30. The molecule has 0 saturated heterocycles. The van der Waals surface area contributed by atoms with Gasteiger partial charge in [0, 0.05) is 11.1 Å². The summed E-state index contributed by atoms with van der Waals surface area (Å²) in [6.07, 6.45) is 2.04. The molecule has 0 radical (unpaired) electrons. The van der Waals surface area contributed by atoms with Crippen LogP contribution in [-0.2, 0) is 6.42 Å². The first-order valence-corrected chi connectivity index (χ1v) is 7.72. The van der Waals surface area contributed by atoms with Crippen LogP contribution in [0.2, 0.25) is 5.02 Å². The molecule has 0 amide bonds. The summed E-state index contributed by atoms with van der Waals surface area (Å²) in [7, 11) is 1.70. The fourth-order valence-electron chi connectivity index (χ4n) is 2.36. The van der Waals surface area contributed by atoms with E-state index in [1.807, 2.05) is 24.3 Å². The van der Waals surface area contributed by atoms with Gasteiger partial charge in [0.25, 0.3) is 0 Å². The minimum atomic E-state index is 0.286. The fraction of sp³-hybridized carbons (Fsp3) is 0.333. The van der Waals surface area contributed by atoms with E-state index >= 15 is 0 Å². The molecule has 1 unspecified atom stereocenters. The quantitative estimate of drug-likeness (QED) is 0.805. The molecule has 0 saturated carbocycles. The minimum Gasteiger partial charge on any atom is -0.497 e. The van der Waals surface area contributed by atoms with Gasteiger partial charge in [0.1, 0.15) is 5.75 Å². The monoisotopic (exact) mass is 303 g/mol. The number of halogens is 1. The molecule has 2 aromatic carbocycles. The highest BCUT2D eigenvalue weighted by Crippen LogP contribution is 2.22. The molecule has 2 nitrogen and oxygen atoms in total. The Balaban J connectivity index is 2.17. The van der Waals surface area contributed by atoms with Crippen molar-refractivity contribution in [3.05, 3.63) is 64.7 Å². The Hall–Kier alpha value is -1.51. The molecule has 0 spiro atoms. The molecule has 3 heteroatoms. The average molecular weight is 304 g/mol. The van der Waals surface area contributed by atoms with Gasteiger partial charge in [0.2, 0.25) is 0 Å². The molecule has 1 atom stereocenters. The van der Waals surface area contributed by atoms with Gasteiger partial charge in [0.15, 0.2) is 0 Å². The molecule has 0 fully saturated rings. The van der Waals surface area contributed by atoms with Crippen LogP contribution in [0.1, 0.15) is 30.5 Å². The van der Waals surface area contributed by atoms with E-state index in [-0.39, 0.29) is 6.04 Å². The van der Waals surface area contributed by atoms with Gasteiger partial charge in [-0.25, -0.2) is 0 Å². The van der Waals surface area contributed by atoms with Gasteiger partial charge in [0.05, 0.1) is 7.11 Å². The Kier molecular flexibility index (Phi) is 6.09. The lowest BCUT2D eigenvalue weighted by atomic mass is 9.98. The van der Waals surface area contributed by atoms with E-state index in [9.17, 15) is 0 Å². The van der Waals surface area contributed by atoms with Crippen LogP contribution >= 0.6 is 11.6 Å². The summed E-state index contributed by atoms with van der Waals surface area (Å²) in [4.78, 5) is 0. The van der Waals surface area contributed by atoms with E-state index in [1.165, 1.54) is 11.1 Å². The second kappa shape index (κ2) is 8.06. The summed E-state index contributed by atoms with van der Waals surface area (Å²) in [5.41, 5.74) is 2.52. The van der Waals surface area contributed by atoms with E-state index in [2.05, 4.69) is 36.5 Å². The van der Waals surface area contributed by atoms with Gasteiger partial charge < -0.3 is 10.1 Å². The normalized spacial score (nSPS) is 12.1. The van der Waals surface area contributed by atoms with E-state index < -0.39 is 0 Å². The van der Waals surface area contributed by atoms with E-state index in [0.717, 1.165) is 30.2 Å². The molecule has 21 heavy (non-hydrogen) atoms. The standard InChI is InChI=1S/C18H22ClNO/c1-3-11-20-18(15-7-9-16(19)10-8-15)13-14-5-4-6-17(12-14)21-2/h4-10,12,18,20H,3,11,13H2,1-2H3. The number of rotatable bonds is 7. The summed E-state index contributed by atoms with van der Waals surface area (Å²) in [5, 5.41) is 4.38. The molecule has 0 aliphatic carbocycles. The third-order valence-electron chi connectivity index (χ3n) is 3.49. The van der Waals surface area contributed by atoms with Gasteiger partial charge in [-0.05, 0) is 54.8 Å². The summed E-state index contributed by atoms with van der Waals surface area (Å²) in [6.45, 7) is 3.18. The second-order valence-electron chi connectivity index (χ2n) is 5.11. The molecule has 2 rings (SSSR count). The molecule has 1 N–H and O–H groups in total. The maximum atomic E-state index is 5.98. The SMILES string of the molecule is CCCNC(Cc1cccc(OC)c1)c1ccc(Cl)cc1. The third kappa shape index (κ3) is 4.76. The van der Waals surface area contributed by atoms with Crippen LogP contribution in [0.4, 0.5) is 0 Å². The van der Waals surface area contributed by atoms with E-state index in [1.54, 1.807) is 7.11 Å². The van der Waals surface area contributed by atoms with Crippen molar-refractivity contribution in [1.82, 2.24) is 5.32 Å². The van der Waals surface area contributed by atoms with Crippen molar-refractivity contribution >= 4 is 11.6 Å². The van der Waals surface area contributed by atoms with Crippen molar-refractivity contribution in [3.8, 4) is 5.75 Å². The van der Waals surface area contributed by atoms with Crippen LogP contribution in [0.25, 0.3) is 0 Å².